The van der Waals surface area contributed by atoms with Crippen LogP contribution in [0.4, 0.5) is 4.79 Å². The van der Waals surface area contributed by atoms with Gasteiger partial charge in [0.1, 0.15) is 5.60 Å². The number of fused-ring (bicyclic) bond motifs is 1. The maximum atomic E-state index is 13.0. The van der Waals surface area contributed by atoms with Crippen molar-refractivity contribution < 1.29 is 14.3 Å². The summed E-state index contributed by atoms with van der Waals surface area (Å²) >= 11 is 0. The van der Waals surface area contributed by atoms with Gasteiger partial charge in [-0.2, -0.15) is 5.10 Å². The molecule has 0 aromatic carbocycles. The second kappa shape index (κ2) is 8.28. The molecular weight excluding hydrogens is 380 g/mol. The lowest BCUT2D eigenvalue weighted by atomic mass is 9.90. The number of piperidine rings is 2. The van der Waals surface area contributed by atoms with Crippen LogP contribution in [0.2, 0.25) is 0 Å². The summed E-state index contributed by atoms with van der Waals surface area (Å²) in [5.41, 5.74) is 2.29. The lowest BCUT2D eigenvalue weighted by molar-refractivity contribution is 0.0204. The third-order valence-corrected chi connectivity index (χ3v) is 6.04. The van der Waals surface area contributed by atoms with Crippen LogP contribution in [0.3, 0.4) is 0 Å². The minimum atomic E-state index is -0.474. The zero-order valence-corrected chi connectivity index (χ0v) is 18.3. The Morgan fingerprint density at radius 2 is 1.73 bits per heavy atom. The highest BCUT2D eigenvalue weighted by molar-refractivity contribution is 6.00. The zero-order valence-electron chi connectivity index (χ0n) is 18.3. The van der Waals surface area contributed by atoms with Crippen molar-refractivity contribution >= 4 is 17.5 Å². The summed E-state index contributed by atoms with van der Waals surface area (Å²) in [5, 5.41) is 4.39. The summed E-state index contributed by atoms with van der Waals surface area (Å²) in [6, 6.07) is 4.20. The van der Waals surface area contributed by atoms with Crippen LogP contribution in [0, 0.1) is 0 Å². The molecule has 162 valence electrons. The van der Waals surface area contributed by atoms with Crippen molar-refractivity contribution in [3.8, 4) is 0 Å². The number of hydrogen-bond donors (Lipinski definition) is 0. The zero-order chi connectivity index (χ0) is 21.3. The van der Waals surface area contributed by atoms with Gasteiger partial charge in [0.25, 0.3) is 5.91 Å². The topological polar surface area (TPSA) is 67.2 Å². The van der Waals surface area contributed by atoms with Crippen molar-refractivity contribution in [1.29, 1.82) is 0 Å². The maximum Gasteiger partial charge on any atom is 0.410 e. The largest absolute Gasteiger partial charge is 0.444 e. The Kier molecular flexibility index (Phi) is 5.71. The van der Waals surface area contributed by atoms with E-state index in [1.54, 1.807) is 15.6 Å². The average molecular weight is 413 g/mol. The summed E-state index contributed by atoms with van der Waals surface area (Å²) < 4.78 is 7.29. The van der Waals surface area contributed by atoms with Crippen LogP contribution in [0.1, 0.15) is 74.7 Å². The Bertz CT molecular complexity index is 916. The second-order valence-corrected chi connectivity index (χ2v) is 9.44. The molecule has 0 N–H and O–H groups in total. The monoisotopic (exact) mass is 412 g/mol. The van der Waals surface area contributed by atoms with Gasteiger partial charge in [0.15, 0.2) is 0 Å². The van der Waals surface area contributed by atoms with Gasteiger partial charge in [-0.3, -0.25) is 4.79 Å². The number of rotatable bonds is 2. The first-order valence-electron chi connectivity index (χ1n) is 11.1. The van der Waals surface area contributed by atoms with Crippen LogP contribution in [0.15, 0.2) is 24.5 Å². The molecule has 2 fully saturated rings. The van der Waals surface area contributed by atoms with Gasteiger partial charge >= 0.3 is 6.09 Å². The van der Waals surface area contributed by atoms with Gasteiger partial charge in [0, 0.05) is 32.4 Å². The van der Waals surface area contributed by atoms with Gasteiger partial charge in [-0.25, -0.2) is 9.31 Å². The first-order chi connectivity index (χ1) is 14.3. The Balaban J connectivity index is 1.46. The lowest BCUT2D eigenvalue weighted by Crippen LogP contribution is -2.41. The fourth-order valence-corrected chi connectivity index (χ4v) is 4.40. The smallest absolute Gasteiger partial charge is 0.410 e. The molecule has 2 aliphatic heterocycles. The summed E-state index contributed by atoms with van der Waals surface area (Å²) in [5.74, 6) is 0.447. The fraction of sp³-hybridized carbons (Fsp3) is 0.609. The van der Waals surface area contributed by atoms with Crippen LogP contribution in [0.25, 0.3) is 5.52 Å². The average Bonchev–Trinajstić information content (AvgIpc) is 3.16. The first kappa shape index (κ1) is 20.7. The number of likely N-dealkylation sites (tertiary alicyclic amines) is 2. The molecule has 2 aromatic heterocycles. The van der Waals surface area contributed by atoms with E-state index < -0.39 is 5.60 Å². The molecule has 2 amide bonds. The summed E-state index contributed by atoms with van der Waals surface area (Å²) in [7, 11) is 0. The van der Waals surface area contributed by atoms with Crippen molar-refractivity contribution in [3.63, 3.8) is 0 Å². The van der Waals surface area contributed by atoms with Gasteiger partial charge in [-0.1, -0.05) is 0 Å². The molecule has 0 atom stereocenters. The van der Waals surface area contributed by atoms with Crippen molar-refractivity contribution in [2.75, 3.05) is 26.2 Å². The summed E-state index contributed by atoms with van der Waals surface area (Å²) in [6.45, 7) is 8.70. The van der Waals surface area contributed by atoms with E-state index in [-0.39, 0.29) is 12.0 Å². The molecule has 4 heterocycles. The number of carbonyl (C=O) groups excluding carboxylic acids is 2. The van der Waals surface area contributed by atoms with Crippen molar-refractivity contribution in [2.24, 2.45) is 0 Å². The minimum Gasteiger partial charge on any atom is -0.444 e. The molecule has 0 saturated carbocycles. The predicted molar refractivity (Wildman–Crippen MR) is 115 cm³/mol. The van der Waals surface area contributed by atoms with E-state index in [1.165, 1.54) is 12.0 Å². The molecule has 2 saturated heterocycles. The molecule has 30 heavy (non-hydrogen) atoms. The molecule has 7 heteroatoms. The Hall–Kier alpha value is -2.57. The van der Waals surface area contributed by atoms with Gasteiger partial charge in [0.05, 0.1) is 17.3 Å². The van der Waals surface area contributed by atoms with Gasteiger partial charge in [-0.15, -0.1) is 0 Å². The van der Waals surface area contributed by atoms with E-state index >= 15 is 0 Å². The Morgan fingerprint density at radius 3 is 2.40 bits per heavy atom. The van der Waals surface area contributed by atoms with Gasteiger partial charge < -0.3 is 14.5 Å². The molecule has 0 unspecified atom stereocenters. The highest BCUT2D eigenvalue weighted by atomic mass is 16.6. The number of carbonyl (C=O) groups is 2. The molecule has 2 aliphatic rings. The standard InChI is InChI=1S/C23H32N4O3/c1-23(2,3)30-22(29)26-12-7-17(8-13-26)18-9-14-27-20(15-18)19(16-24-27)21(28)25-10-5-4-6-11-25/h9,14-17H,4-8,10-13H2,1-3H3. The summed E-state index contributed by atoms with van der Waals surface area (Å²) in [4.78, 5) is 29.1. The number of aromatic nitrogens is 2. The van der Waals surface area contributed by atoms with Crippen LogP contribution in [-0.4, -0.2) is 63.2 Å². The third kappa shape index (κ3) is 4.45. The number of hydrogen-bond acceptors (Lipinski definition) is 4. The molecule has 0 bridgehead atoms. The van der Waals surface area contributed by atoms with Gasteiger partial charge in [-0.05, 0) is 76.5 Å². The van der Waals surface area contributed by atoms with Crippen LogP contribution in [-0.2, 0) is 4.74 Å². The van der Waals surface area contributed by atoms with E-state index in [4.69, 9.17) is 4.74 Å². The maximum absolute atomic E-state index is 13.0. The number of ether oxygens (including phenoxy) is 1. The minimum absolute atomic E-state index is 0.0848. The lowest BCUT2D eigenvalue weighted by Gasteiger charge is -2.33. The number of nitrogens with zero attached hydrogens (tertiary/aromatic N) is 4. The van der Waals surface area contributed by atoms with E-state index in [2.05, 4.69) is 17.2 Å². The van der Waals surface area contributed by atoms with E-state index in [1.807, 2.05) is 31.9 Å². The van der Waals surface area contributed by atoms with Crippen LogP contribution in [0.5, 0.6) is 0 Å². The van der Waals surface area contributed by atoms with Crippen molar-refractivity contribution in [2.45, 2.75) is 64.4 Å². The molecule has 0 aliphatic carbocycles. The highest BCUT2D eigenvalue weighted by Gasteiger charge is 2.28. The first-order valence-corrected chi connectivity index (χ1v) is 11.1. The van der Waals surface area contributed by atoms with Crippen LogP contribution < -0.4 is 0 Å². The normalized spacial score (nSPS) is 18.6. The molecule has 4 rings (SSSR count). The Morgan fingerprint density at radius 1 is 1.03 bits per heavy atom. The Labute approximate surface area is 178 Å². The number of pyridine rings is 1. The van der Waals surface area contributed by atoms with E-state index in [0.29, 0.717) is 24.6 Å². The van der Waals surface area contributed by atoms with Crippen molar-refractivity contribution in [1.82, 2.24) is 19.4 Å². The second-order valence-electron chi connectivity index (χ2n) is 9.44. The van der Waals surface area contributed by atoms with Crippen LogP contribution >= 0.6 is 0 Å². The molecular formula is C23H32N4O3. The predicted octanol–water partition coefficient (Wildman–Crippen LogP) is 4.07. The van der Waals surface area contributed by atoms with Gasteiger partial charge in [0.2, 0.25) is 0 Å². The van der Waals surface area contributed by atoms with E-state index in [0.717, 1.165) is 44.3 Å². The molecule has 7 nitrogen and oxygen atoms in total. The fourth-order valence-electron chi connectivity index (χ4n) is 4.40. The van der Waals surface area contributed by atoms with E-state index in [9.17, 15) is 9.59 Å². The van der Waals surface area contributed by atoms with Crippen molar-refractivity contribution in [3.05, 3.63) is 35.7 Å². The molecule has 0 radical (unpaired) electrons. The number of amides is 2. The molecule has 0 spiro atoms. The quantitative estimate of drug-likeness (QED) is 0.746. The summed E-state index contributed by atoms with van der Waals surface area (Å²) in [6.07, 6.45) is 8.53. The highest BCUT2D eigenvalue weighted by Crippen LogP contribution is 2.30. The third-order valence-electron chi connectivity index (χ3n) is 6.04. The molecule has 2 aromatic rings. The SMILES string of the molecule is CC(C)(C)OC(=O)N1CCC(c2ccn3ncc(C(=O)N4CCCCC4)c3c2)CC1.